The van der Waals surface area contributed by atoms with Crippen molar-refractivity contribution in [1.29, 1.82) is 0 Å². The van der Waals surface area contributed by atoms with Crippen LogP contribution in [0.15, 0.2) is 17.0 Å². The largest absolute Gasteiger partial charge is 0.316 e. The third-order valence-corrected chi connectivity index (χ3v) is 5.63. The normalized spacial score (nSPS) is 17.8. The summed E-state index contributed by atoms with van der Waals surface area (Å²) in [6, 6.07) is 2.91. The number of rotatable bonds is 5. The highest BCUT2D eigenvalue weighted by molar-refractivity contribution is 7.89. The first-order valence-corrected chi connectivity index (χ1v) is 8.23. The maximum atomic E-state index is 13.9. The Morgan fingerprint density at radius 2 is 2.00 bits per heavy atom. The Hall–Kier alpha value is -0.980. The fourth-order valence-corrected chi connectivity index (χ4v) is 4.25. The standard InChI is InChI=1S/C14H21FN2O2S/c1-10-12(15)7-11(9-16-3)8-13(10)20(18,19)17-14(2)5-4-6-14/h7-8,16-17H,4-6,9H2,1-3H3. The topological polar surface area (TPSA) is 58.2 Å². The molecule has 1 aromatic rings. The first-order chi connectivity index (χ1) is 9.27. The van der Waals surface area contributed by atoms with Crippen molar-refractivity contribution in [3.63, 3.8) is 0 Å². The highest BCUT2D eigenvalue weighted by Gasteiger charge is 2.36. The lowest BCUT2D eigenvalue weighted by molar-refractivity contribution is 0.248. The lowest BCUT2D eigenvalue weighted by atomic mass is 9.80. The van der Waals surface area contributed by atoms with E-state index in [-0.39, 0.29) is 16.0 Å². The molecule has 0 spiro atoms. The van der Waals surface area contributed by atoms with Gasteiger partial charge in [-0.05, 0) is 57.9 Å². The van der Waals surface area contributed by atoms with Crippen molar-refractivity contribution >= 4 is 10.0 Å². The molecule has 0 saturated heterocycles. The molecule has 6 heteroatoms. The van der Waals surface area contributed by atoms with Gasteiger partial charge in [-0.3, -0.25) is 0 Å². The molecule has 2 N–H and O–H groups in total. The lowest BCUT2D eigenvalue weighted by Gasteiger charge is -2.38. The Morgan fingerprint density at radius 1 is 1.35 bits per heavy atom. The fourth-order valence-electron chi connectivity index (χ4n) is 2.48. The molecule has 1 aliphatic carbocycles. The van der Waals surface area contributed by atoms with Crippen LogP contribution in [0.1, 0.15) is 37.3 Å². The molecule has 0 heterocycles. The van der Waals surface area contributed by atoms with Gasteiger partial charge in [0.25, 0.3) is 0 Å². The predicted octanol–water partition coefficient (Wildman–Crippen LogP) is 2.07. The van der Waals surface area contributed by atoms with Gasteiger partial charge in [0.15, 0.2) is 0 Å². The van der Waals surface area contributed by atoms with Crippen molar-refractivity contribution in [1.82, 2.24) is 10.0 Å². The van der Waals surface area contributed by atoms with Crippen LogP contribution in [-0.2, 0) is 16.6 Å². The van der Waals surface area contributed by atoms with Crippen molar-refractivity contribution in [2.45, 2.75) is 50.1 Å². The molecule has 1 saturated carbocycles. The van der Waals surface area contributed by atoms with Gasteiger partial charge in [-0.2, -0.15) is 0 Å². The molecule has 0 amide bonds. The molecule has 0 bridgehead atoms. The number of halogens is 1. The van der Waals surface area contributed by atoms with Crippen LogP contribution in [0.25, 0.3) is 0 Å². The molecule has 1 aromatic carbocycles. The van der Waals surface area contributed by atoms with Crippen molar-refractivity contribution in [2.75, 3.05) is 7.05 Å². The van der Waals surface area contributed by atoms with Gasteiger partial charge in [0.05, 0.1) is 4.90 Å². The Kier molecular flexibility index (Phi) is 4.18. The summed E-state index contributed by atoms with van der Waals surface area (Å²) >= 11 is 0. The van der Waals surface area contributed by atoms with E-state index in [0.717, 1.165) is 19.3 Å². The van der Waals surface area contributed by atoms with E-state index in [1.807, 2.05) is 6.92 Å². The average molecular weight is 300 g/mol. The molecule has 1 aliphatic rings. The molecule has 20 heavy (non-hydrogen) atoms. The van der Waals surface area contributed by atoms with Gasteiger partial charge in [0, 0.05) is 17.6 Å². The first-order valence-electron chi connectivity index (χ1n) is 6.75. The molecule has 2 rings (SSSR count). The summed E-state index contributed by atoms with van der Waals surface area (Å²) in [5.41, 5.74) is 0.399. The van der Waals surface area contributed by atoms with Crippen LogP contribution < -0.4 is 10.0 Å². The van der Waals surface area contributed by atoms with Gasteiger partial charge in [-0.1, -0.05) is 0 Å². The number of sulfonamides is 1. The van der Waals surface area contributed by atoms with Crippen molar-refractivity contribution < 1.29 is 12.8 Å². The van der Waals surface area contributed by atoms with E-state index in [4.69, 9.17) is 0 Å². The highest BCUT2D eigenvalue weighted by atomic mass is 32.2. The van der Waals surface area contributed by atoms with Gasteiger partial charge in [0.2, 0.25) is 10.0 Å². The number of benzene rings is 1. The molecular weight excluding hydrogens is 279 g/mol. The molecule has 112 valence electrons. The van der Waals surface area contributed by atoms with Gasteiger partial charge < -0.3 is 5.32 Å². The Balaban J connectivity index is 2.39. The summed E-state index contributed by atoms with van der Waals surface area (Å²) in [7, 11) is -1.95. The third-order valence-electron chi connectivity index (χ3n) is 3.86. The van der Waals surface area contributed by atoms with Gasteiger partial charge in [0.1, 0.15) is 5.82 Å². The molecule has 0 aromatic heterocycles. The summed E-state index contributed by atoms with van der Waals surface area (Å²) in [5, 5.41) is 2.90. The summed E-state index contributed by atoms with van der Waals surface area (Å²) < 4.78 is 41.6. The summed E-state index contributed by atoms with van der Waals surface area (Å²) in [6.45, 7) is 3.81. The van der Waals surface area contributed by atoms with Crippen LogP contribution in [0.5, 0.6) is 0 Å². The Bertz CT molecular complexity index is 610. The van der Waals surface area contributed by atoms with Gasteiger partial charge >= 0.3 is 0 Å². The second-order valence-electron chi connectivity index (χ2n) is 5.75. The fraction of sp³-hybridized carbons (Fsp3) is 0.571. The van der Waals surface area contributed by atoms with Crippen LogP contribution >= 0.6 is 0 Å². The zero-order chi connectivity index (χ0) is 15.0. The van der Waals surface area contributed by atoms with Crippen LogP contribution in [-0.4, -0.2) is 21.0 Å². The average Bonchev–Trinajstić information content (AvgIpc) is 2.31. The van der Waals surface area contributed by atoms with Gasteiger partial charge in [-0.15, -0.1) is 0 Å². The predicted molar refractivity (Wildman–Crippen MR) is 76.5 cm³/mol. The second kappa shape index (κ2) is 5.42. The van der Waals surface area contributed by atoms with E-state index >= 15 is 0 Å². The molecule has 0 unspecified atom stereocenters. The first kappa shape index (κ1) is 15.4. The summed E-state index contributed by atoms with van der Waals surface area (Å²) in [6.07, 6.45) is 2.67. The smallest absolute Gasteiger partial charge is 0.241 e. The lowest BCUT2D eigenvalue weighted by Crippen LogP contribution is -2.50. The van der Waals surface area contributed by atoms with Crippen molar-refractivity contribution in [2.24, 2.45) is 0 Å². The Morgan fingerprint density at radius 3 is 2.50 bits per heavy atom. The highest BCUT2D eigenvalue weighted by Crippen LogP contribution is 2.33. The van der Waals surface area contributed by atoms with Crippen LogP contribution in [0, 0.1) is 12.7 Å². The summed E-state index contributed by atoms with van der Waals surface area (Å²) in [4.78, 5) is 0.0378. The van der Waals surface area contributed by atoms with E-state index in [0.29, 0.717) is 12.1 Å². The SMILES string of the molecule is CNCc1cc(F)c(C)c(S(=O)(=O)NC2(C)CCC2)c1. The van der Waals surface area contributed by atoms with E-state index in [1.165, 1.54) is 13.0 Å². The monoisotopic (exact) mass is 300 g/mol. The number of hydrogen-bond acceptors (Lipinski definition) is 3. The molecule has 1 fully saturated rings. The van der Waals surface area contributed by atoms with E-state index in [2.05, 4.69) is 10.0 Å². The maximum Gasteiger partial charge on any atom is 0.241 e. The Labute approximate surface area is 119 Å². The molecule has 0 aliphatic heterocycles. The zero-order valence-corrected chi connectivity index (χ0v) is 12.9. The molecule has 0 radical (unpaired) electrons. The van der Waals surface area contributed by atoms with Crippen molar-refractivity contribution in [3.05, 3.63) is 29.1 Å². The third kappa shape index (κ3) is 3.02. The second-order valence-corrected chi connectivity index (χ2v) is 7.40. The zero-order valence-electron chi connectivity index (χ0n) is 12.1. The van der Waals surface area contributed by atoms with Crippen molar-refractivity contribution in [3.8, 4) is 0 Å². The minimum atomic E-state index is -3.69. The van der Waals surface area contributed by atoms with Crippen LogP contribution in [0.2, 0.25) is 0 Å². The van der Waals surface area contributed by atoms with E-state index in [1.54, 1.807) is 13.1 Å². The minimum Gasteiger partial charge on any atom is -0.316 e. The van der Waals surface area contributed by atoms with E-state index in [9.17, 15) is 12.8 Å². The van der Waals surface area contributed by atoms with E-state index < -0.39 is 15.8 Å². The van der Waals surface area contributed by atoms with Crippen LogP contribution in [0.4, 0.5) is 4.39 Å². The maximum absolute atomic E-state index is 13.9. The summed E-state index contributed by atoms with van der Waals surface area (Å²) in [5.74, 6) is -0.489. The molecule has 4 nitrogen and oxygen atoms in total. The van der Waals surface area contributed by atoms with Crippen LogP contribution in [0.3, 0.4) is 0 Å². The molecular formula is C14H21FN2O2S. The minimum absolute atomic E-state index is 0.0378. The number of hydrogen-bond donors (Lipinski definition) is 2. The van der Waals surface area contributed by atoms with Gasteiger partial charge in [-0.25, -0.2) is 17.5 Å². The quantitative estimate of drug-likeness (QED) is 0.875. The molecule has 0 atom stereocenters. The number of nitrogens with one attached hydrogen (secondary N) is 2.